The van der Waals surface area contributed by atoms with Crippen LogP contribution < -0.4 is 10.6 Å². The van der Waals surface area contributed by atoms with Crippen LogP contribution in [0, 0.1) is 5.92 Å². The fourth-order valence-electron chi connectivity index (χ4n) is 2.89. The van der Waals surface area contributed by atoms with Crippen LogP contribution in [0.25, 0.3) is 22.2 Å². The predicted octanol–water partition coefficient (Wildman–Crippen LogP) is 4.39. The highest BCUT2D eigenvalue weighted by Crippen LogP contribution is 2.30. The average Bonchev–Trinajstić information content (AvgIpc) is 3.06. The first-order valence-corrected chi connectivity index (χ1v) is 9.21. The maximum atomic E-state index is 12.4. The number of halogens is 4. The Morgan fingerprint density at radius 2 is 2.00 bits per heavy atom. The van der Waals surface area contributed by atoms with E-state index in [1.54, 1.807) is 38.4 Å². The SMILES string of the molecule is CC(C)[C@@H](Nc1cncc(-c2c[nH]c3ncc(Cl)cc23)c1)C(=O)NCC(F)(F)F. The monoisotopic (exact) mass is 425 g/mol. The fraction of sp³-hybridized carbons (Fsp3) is 0.316. The van der Waals surface area contributed by atoms with Crippen LogP contribution in [-0.2, 0) is 4.79 Å². The molecule has 29 heavy (non-hydrogen) atoms. The lowest BCUT2D eigenvalue weighted by atomic mass is 10.0. The van der Waals surface area contributed by atoms with Gasteiger partial charge in [-0.2, -0.15) is 13.2 Å². The van der Waals surface area contributed by atoms with Crippen LogP contribution in [0.1, 0.15) is 13.8 Å². The van der Waals surface area contributed by atoms with E-state index < -0.39 is 24.7 Å². The fourth-order valence-corrected chi connectivity index (χ4v) is 3.05. The van der Waals surface area contributed by atoms with Crippen molar-refractivity contribution in [1.29, 1.82) is 0 Å². The quantitative estimate of drug-likeness (QED) is 0.547. The van der Waals surface area contributed by atoms with Gasteiger partial charge in [0.25, 0.3) is 0 Å². The van der Waals surface area contributed by atoms with Gasteiger partial charge >= 0.3 is 6.18 Å². The minimum Gasteiger partial charge on any atom is -0.372 e. The number of hydrogen-bond donors (Lipinski definition) is 3. The number of aromatic amines is 1. The summed E-state index contributed by atoms with van der Waals surface area (Å²) >= 11 is 6.04. The molecule has 0 bridgehead atoms. The van der Waals surface area contributed by atoms with Crippen LogP contribution >= 0.6 is 11.6 Å². The maximum absolute atomic E-state index is 12.4. The van der Waals surface area contributed by atoms with Crippen molar-refractivity contribution in [2.75, 3.05) is 11.9 Å². The summed E-state index contributed by atoms with van der Waals surface area (Å²) in [5.41, 5.74) is 2.72. The molecule has 10 heteroatoms. The van der Waals surface area contributed by atoms with Crippen molar-refractivity contribution in [2.45, 2.75) is 26.1 Å². The predicted molar refractivity (Wildman–Crippen MR) is 106 cm³/mol. The third-order valence-electron chi connectivity index (χ3n) is 4.28. The van der Waals surface area contributed by atoms with Gasteiger partial charge in [0.1, 0.15) is 18.2 Å². The Bertz CT molecular complexity index is 1020. The van der Waals surface area contributed by atoms with E-state index in [1.165, 1.54) is 12.4 Å². The summed E-state index contributed by atoms with van der Waals surface area (Å²) in [5, 5.41) is 6.20. The zero-order valence-electron chi connectivity index (χ0n) is 15.6. The van der Waals surface area contributed by atoms with Crippen LogP contribution in [0.5, 0.6) is 0 Å². The standard InChI is InChI=1S/C19H19ClF3N5O/c1-10(2)16(18(29)27-9-19(21,22)23)28-13-3-11(5-24-7-13)15-8-26-17-14(15)4-12(20)6-25-17/h3-8,10,16,28H,9H2,1-2H3,(H,25,26)(H,27,29)/t16-/m1/s1. The molecule has 0 saturated carbocycles. The van der Waals surface area contributed by atoms with Gasteiger partial charge in [-0.05, 0) is 18.1 Å². The Hall–Kier alpha value is -2.81. The minimum atomic E-state index is -4.47. The zero-order valence-corrected chi connectivity index (χ0v) is 16.4. The highest BCUT2D eigenvalue weighted by atomic mass is 35.5. The molecular weight excluding hydrogens is 407 g/mol. The first kappa shape index (κ1) is 20.9. The van der Waals surface area contributed by atoms with Crippen molar-refractivity contribution in [3.05, 3.63) is 41.9 Å². The van der Waals surface area contributed by atoms with Gasteiger partial charge in [0.2, 0.25) is 5.91 Å². The summed E-state index contributed by atoms with van der Waals surface area (Å²) in [6.07, 6.45) is 1.99. The molecule has 0 aliphatic rings. The maximum Gasteiger partial charge on any atom is 0.405 e. The van der Waals surface area contributed by atoms with E-state index in [1.807, 2.05) is 5.32 Å². The van der Waals surface area contributed by atoms with E-state index in [2.05, 4.69) is 20.3 Å². The van der Waals surface area contributed by atoms with Crippen molar-refractivity contribution in [3.63, 3.8) is 0 Å². The lowest BCUT2D eigenvalue weighted by Crippen LogP contribution is -2.46. The van der Waals surface area contributed by atoms with Gasteiger partial charge in [0, 0.05) is 41.3 Å². The summed E-state index contributed by atoms with van der Waals surface area (Å²) in [4.78, 5) is 23.7. The van der Waals surface area contributed by atoms with Gasteiger partial charge in [0.05, 0.1) is 10.7 Å². The molecular formula is C19H19ClF3N5O. The molecule has 0 fully saturated rings. The smallest absolute Gasteiger partial charge is 0.372 e. The summed E-state index contributed by atoms with van der Waals surface area (Å²) in [5.74, 6) is -0.978. The molecule has 0 spiro atoms. The van der Waals surface area contributed by atoms with Gasteiger partial charge in [-0.25, -0.2) is 4.98 Å². The van der Waals surface area contributed by atoms with Gasteiger partial charge in [-0.1, -0.05) is 25.4 Å². The molecule has 3 rings (SSSR count). The molecule has 3 aromatic rings. The van der Waals surface area contributed by atoms with Crippen LogP contribution in [0.4, 0.5) is 18.9 Å². The first-order valence-electron chi connectivity index (χ1n) is 8.83. The second kappa shape index (κ2) is 8.28. The van der Waals surface area contributed by atoms with Gasteiger partial charge in [-0.3, -0.25) is 9.78 Å². The topological polar surface area (TPSA) is 82.7 Å². The van der Waals surface area contributed by atoms with Crippen LogP contribution in [-0.4, -0.2) is 39.6 Å². The minimum absolute atomic E-state index is 0.247. The number of alkyl halides is 3. The van der Waals surface area contributed by atoms with E-state index in [-0.39, 0.29) is 5.92 Å². The summed E-state index contributed by atoms with van der Waals surface area (Å²) < 4.78 is 37.2. The molecule has 0 radical (unpaired) electrons. The lowest BCUT2D eigenvalue weighted by molar-refractivity contribution is -0.139. The number of fused-ring (bicyclic) bond motifs is 1. The molecule has 3 heterocycles. The highest BCUT2D eigenvalue weighted by molar-refractivity contribution is 6.31. The molecule has 0 saturated heterocycles. The van der Waals surface area contributed by atoms with Crippen LogP contribution in [0.15, 0.2) is 36.9 Å². The van der Waals surface area contributed by atoms with E-state index in [9.17, 15) is 18.0 Å². The van der Waals surface area contributed by atoms with Crippen molar-refractivity contribution in [3.8, 4) is 11.1 Å². The zero-order chi connectivity index (χ0) is 21.2. The molecule has 3 aromatic heterocycles. The number of nitrogens with one attached hydrogen (secondary N) is 3. The second-order valence-electron chi connectivity index (χ2n) is 6.91. The number of aromatic nitrogens is 3. The van der Waals surface area contributed by atoms with Gasteiger partial charge < -0.3 is 15.6 Å². The largest absolute Gasteiger partial charge is 0.405 e. The number of nitrogens with zero attached hydrogens (tertiary/aromatic N) is 2. The molecule has 154 valence electrons. The molecule has 6 nitrogen and oxygen atoms in total. The Morgan fingerprint density at radius 3 is 2.69 bits per heavy atom. The van der Waals surface area contributed by atoms with E-state index in [0.717, 1.165) is 16.5 Å². The molecule has 0 unspecified atom stereocenters. The number of H-pyrrole nitrogens is 1. The molecule has 1 amide bonds. The molecule has 1 atom stereocenters. The Labute approximate surface area is 169 Å². The third-order valence-corrected chi connectivity index (χ3v) is 4.49. The van der Waals surface area contributed by atoms with Gasteiger partial charge in [-0.15, -0.1) is 0 Å². The number of carbonyl (C=O) groups is 1. The lowest BCUT2D eigenvalue weighted by Gasteiger charge is -2.23. The Balaban J connectivity index is 1.84. The summed E-state index contributed by atoms with van der Waals surface area (Å²) in [6.45, 7) is 2.11. The average molecular weight is 426 g/mol. The molecule has 0 aromatic carbocycles. The number of rotatable bonds is 6. The second-order valence-corrected chi connectivity index (χ2v) is 7.35. The van der Waals surface area contributed by atoms with Gasteiger partial charge in [0.15, 0.2) is 0 Å². The van der Waals surface area contributed by atoms with E-state index >= 15 is 0 Å². The van der Waals surface area contributed by atoms with Crippen molar-refractivity contribution >= 4 is 34.2 Å². The van der Waals surface area contributed by atoms with Crippen molar-refractivity contribution in [1.82, 2.24) is 20.3 Å². The number of carbonyl (C=O) groups excluding carboxylic acids is 1. The molecule has 0 aliphatic heterocycles. The normalized spacial score (nSPS) is 12.9. The van der Waals surface area contributed by atoms with Crippen molar-refractivity contribution < 1.29 is 18.0 Å². The number of amides is 1. The van der Waals surface area contributed by atoms with E-state index in [4.69, 9.17) is 11.6 Å². The molecule has 0 aliphatic carbocycles. The highest BCUT2D eigenvalue weighted by Gasteiger charge is 2.30. The number of pyridine rings is 2. The number of hydrogen-bond acceptors (Lipinski definition) is 4. The van der Waals surface area contributed by atoms with Crippen LogP contribution in [0.2, 0.25) is 5.02 Å². The first-order chi connectivity index (χ1) is 13.6. The third kappa shape index (κ3) is 5.17. The Morgan fingerprint density at radius 1 is 1.24 bits per heavy atom. The van der Waals surface area contributed by atoms with Crippen LogP contribution in [0.3, 0.4) is 0 Å². The molecule has 3 N–H and O–H groups in total. The number of anilines is 1. The van der Waals surface area contributed by atoms with Crippen molar-refractivity contribution in [2.24, 2.45) is 5.92 Å². The summed E-state index contributed by atoms with van der Waals surface area (Å²) in [6, 6.07) is 2.69. The van der Waals surface area contributed by atoms with E-state index in [0.29, 0.717) is 16.4 Å². The summed E-state index contributed by atoms with van der Waals surface area (Å²) in [7, 11) is 0. The Kier molecular flexibility index (Phi) is 5.97.